The number of hydrogen-bond acceptors (Lipinski definition) is 0. The second-order valence-corrected chi connectivity index (χ2v) is 17.3. The van der Waals surface area contributed by atoms with Crippen LogP contribution in [0.3, 0.4) is 0 Å². The third kappa shape index (κ3) is 11.0. The normalized spacial score (nSPS) is 11.9. The molecule has 0 atom stereocenters. The summed E-state index contributed by atoms with van der Waals surface area (Å²) in [6.45, 7) is 13.9. The first-order valence-electron chi connectivity index (χ1n) is 18.3. The summed E-state index contributed by atoms with van der Waals surface area (Å²) in [6, 6.07) is 52.1. The standard InChI is InChI=1S/C33H33.C13H9Cl.C5H5.2ClH.Zr/c1-32(2,3)30-20-26-24(18-28(30)22-13-9-7-10-14-22)17-25-19-29(23-15-11-8-12-16-23)31(21-27(25)26)33(4,5)6;14-13-8-4-7-12(10-13)9-11-5-2-1-3-6-11;1-2-4-5-3-1;;;/h7-21H,1-6H3;1-8,10H;1-3H,4H2;2*1H;/q-1;;-1;;;+2/p-2. The van der Waals surface area contributed by atoms with Gasteiger partial charge in [0.1, 0.15) is 0 Å². The van der Waals surface area contributed by atoms with Gasteiger partial charge < -0.3 is 24.8 Å². The van der Waals surface area contributed by atoms with E-state index < -0.39 is 0 Å². The molecule has 0 spiro atoms. The smallest absolute Gasteiger partial charge is 0.109 e. The summed E-state index contributed by atoms with van der Waals surface area (Å²) in [5, 5.41) is 6.16. The van der Waals surface area contributed by atoms with Gasteiger partial charge >= 0.3 is 110 Å². The summed E-state index contributed by atoms with van der Waals surface area (Å²) in [5.74, 6) is 0. The van der Waals surface area contributed by atoms with Crippen LogP contribution in [0.1, 0.15) is 70.2 Å². The van der Waals surface area contributed by atoms with E-state index in [9.17, 15) is 0 Å². The molecule has 1 aliphatic rings. The van der Waals surface area contributed by atoms with Crippen LogP contribution >= 0.6 is 11.6 Å². The van der Waals surface area contributed by atoms with E-state index in [1.807, 2.05) is 36.4 Å². The largest absolute Gasteiger partial charge is 1.00 e. The summed E-state index contributed by atoms with van der Waals surface area (Å²) in [7, 11) is 0. The summed E-state index contributed by atoms with van der Waals surface area (Å²) >= 11 is 7.38. The van der Waals surface area contributed by atoms with E-state index in [-0.39, 0.29) is 35.6 Å². The third-order valence-corrected chi connectivity index (χ3v) is 11.2. The fourth-order valence-corrected chi connectivity index (χ4v) is 7.80. The van der Waals surface area contributed by atoms with Gasteiger partial charge in [-0.3, -0.25) is 6.08 Å². The topological polar surface area (TPSA) is 0 Å². The van der Waals surface area contributed by atoms with Crippen molar-refractivity contribution in [3.63, 3.8) is 0 Å². The van der Waals surface area contributed by atoms with E-state index in [4.69, 9.17) is 11.6 Å². The molecule has 278 valence electrons. The number of rotatable bonds is 4. The molecule has 1 aliphatic carbocycles. The summed E-state index contributed by atoms with van der Waals surface area (Å²) < 4.78 is 1.34. The Labute approximate surface area is 360 Å². The van der Waals surface area contributed by atoms with Crippen LogP contribution in [0.15, 0.2) is 164 Å². The Kier molecular flexibility index (Phi) is 15.6. The Bertz CT molecular complexity index is 2270. The minimum atomic E-state index is 0. The maximum absolute atomic E-state index is 5.97. The first kappa shape index (κ1) is 44.0. The average Bonchev–Trinajstić information content (AvgIpc) is 3.86. The van der Waals surface area contributed by atoms with Crippen molar-refractivity contribution >= 4 is 36.4 Å². The SMILES string of the molecule is CC(C)(C)c1cc2c(cc1-c1ccccc1)[cH-]c1cc(-c3ccccc3)c(C(C)(C)C)cc12.Clc1cccc([C](=[Zr+2])c2ccccc2)c1.[C-]1=CC=CC1.[Cl-].[Cl-]. The molecule has 0 heterocycles. The molecule has 0 fully saturated rings. The first-order valence-corrected chi connectivity index (χ1v) is 20.0. The van der Waals surface area contributed by atoms with Gasteiger partial charge in [0.2, 0.25) is 0 Å². The predicted octanol–water partition coefficient (Wildman–Crippen LogP) is 8.41. The second kappa shape index (κ2) is 19.4. The zero-order valence-corrected chi connectivity index (χ0v) is 37.2. The van der Waals surface area contributed by atoms with Gasteiger partial charge in [0.05, 0.1) is 0 Å². The van der Waals surface area contributed by atoms with E-state index in [2.05, 4.69) is 175 Å². The minimum Gasteiger partial charge on any atom is -1.00 e. The molecule has 0 N–H and O–H groups in total. The molecule has 0 aliphatic heterocycles. The maximum atomic E-state index is 5.97. The van der Waals surface area contributed by atoms with Crippen LogP contribution in [0.25, 0.3) is 43.8 Å². The Morgan fingerprint density at radius 1 is 0.582 bits per heavy atom. The van der Waals surface area contributed by atoms with E-state index in [0.717, 1.165) is 11.4 Å². The van der Waals surface area contributed by atoms with E-state index in [0.29, 0.717) is 0 Å². The number of allylic oxidation sites excluding steroid dienone is 4. The fraction of sp³-hybridized carbons (Fsp3) is 0.176. The van der Waals surface area contributed by atoms with Gasteiger partial charge in [0.25, 0.3) is 0 Å². The summed E-state index contributed by atoms with van der Waals surface area (Å²) in [6.07, 6.45) is 10.0. The quantitative estimate of drug-likeness (QED) is 0.156. The van der Waals surface area contributed by atoms with E-state index in [1.165, 1.54) is 93.5 Å². The Balaban J connectivity index is 0.000000253. The van der Waals surface area contributed by atoms with Crippen molar-refractivity contribution in [3.8, 4) is 22.3 Å². The van der Waals surface area contributed by atoms with Gasteiger partial charge in [-0.1, -0.05) is 114 Å². The van der Waals surface area contributed by atoms with Crippen molar-refractivity contribution in [2.75, 3.05) is 0 Å². The molecule has 0 saturated heterocycles. The van der Waals surface area contributed by atoms with E-state index >= 15 is 0 Å². The van der Waals surface area contributed by atoms with E-state index in [1.54, 1.807) is 0 Å². The molecular formula is C51H47Cl3Zr-2. The zero-order chi connectivity index (χ0) is 37.6. The van der Waals surface area contributed by atoms with Crippen molar-refractivity contribution in [2.24, 2.45) is 0 Å². The van der Waals surface area contributed by atoms with Crippen LogP contribution in [0, 0.1) is 6.08 Å². The van der Waals surface area contributed by atoms with Gasteiger partial charge in [0.15, 0.2) is 0 Å². The van der Waals surface area contributed by atoms with Crippen LogP contribution in [-0.4, -0.2) is 3.21 Å². The van der Waals surface area contributed by atoms with Crippen molar-refractivity contribution in [1.29, 1.82) is 0 Å². The molecule has 0 amide bonds. The monoisotopic (exact) mass is 854 g/mol. The van der Waals surface area contributed by atoms with Crippen LogP contribution in [0.5, 0.6) is 0 Å². The van der Waals surface area contributed by atoms with Crippen LogP contribution < -0.4 is 24.8 Å². The molecule has 0 unspecified atom stereocenters. The number of fused-ring (bicyclic) bond motifs is 3. The minimum absolute atomic E-state index is 0. The van der Waals surface area contributed by atoms with Gasteiger partial charge in [-0.25, -0.2) is 12.2 Å². The fourth-order valence-electron chi connectivity index (χ4n) is 6.82. The molecule has 4 heteroatoms. The van der Waals surface area contributed by atoms with Crippen molar-refractivity contribution in [3.05, 3.63) is 197 Å². The van der Waals surface area contributed by atoms with Crippen molar-refractivity contribution < 1.29 is 49.0 Å². The molecule has 0 saturated carbocycles. The molecule has 0 aromatic heterocycles. The average molecular weight is 858 g/mol. The Hall–Kier alpha value is -3.71. The van der Waals surface area contributed by atoms with Gasteiger partial charge in [-0.2, -0.15) is 6.08 Å². The Morgan fingerprint density at radius 3 is 1.42 bits per heavy atom. The Morgan fingerprint density at radius 2 is 1.04 bits per heavy atom. The molecule has 7 aromatic carbocycles. The van der Waals surface area contributed by atoms with Crippen molar-refractivity contribution in [2.45, 2.75) is 58.8 Å². The van der Waals surface area contributed by atoms with Crippen LogP contribution in [0.2, 0.25) is 5.02 Å². The molecule has 7 aromatic rings. The maximum Gasteiger partial charge on any atom is -0.109 e. The van der Waals surface area contributed by atoms with Crippen LogP contribution in [-0.2, 0) is 35.1 Å². The number of hydrogen-bond donors (Lipinski definition) is 0. The van der Waals surface area contributed by atoms with Crippen LogP contribution in [0.4, 0.5) is 0 Å². The number of benzene rings is 6. The van der Waals surface area contributed by atoms with Gasteiger partial charge in [-0.05, 0) is 44.2 Å². The van der Waals surface area contributed by atoms with Crippen molar-refractivity contribution in [1.82, 2.24) is 0 Å². The summed E-state index contributed by atoms with van der Waals surface area (Å²) in [5.41, 5.74) is 10.7. The second-order valence-electron chi connectivity index (χ2n) is 15.6. The molecular weight excluding hydrogens is 810 g/mol. The van der Waals surface area contributed by atoms with Gasteiger partial charge in [-0.15, -0.1) is 46.2 Å². The zero-order valence-electron chi connectivity index (χ0n) is 32.4. The molecule has 0 radical (unpaired) electrons. The van der Waals surface area contributed by atoms with Gasteiger partial charge in [0, 0.05) is 0 Å². The molecule has 55 heavy (non-hydrogen) atoms. The third-order valence-electron chi connectivity index (χ3n) is 9.53. The predicted molar refractivity (Wildman–Crippen MR) is 228 cm³/mol. The summed E-state index contributed by atoms with van der Waals surface area (Å²) in [4.78, 5) is 0. The first-order chi connectivity index (χ1) is 25.4. The molecule has 0 bridgehead atoms. The molecule has 0 nitrogen and oxygen atoms in total. The number of halogens is 3. The molecule has 8 rings (SSSR count).